The average molecular weight is 382 g/mol. The number of nitrogens with zero attached hydrogens (tertiary/aromatic N) is 1. The fraction of sp³-hybridized carbons (Fsp3) is 0.200. The maximum atomic E-state index is 12.4. The maximum Gasteiger partial charge on any atom is 0.251 e. The van der Waals surface area contributed by atoms with Crippen molar-refractivity contribution in [2.75, 3.05) is 21.0 Å². The van der Waals surface area contributed by atoms with Crippen LogP contribution in [0, 0.1) is 0 Å². The van der Waals surface area contributed by atoms with E-state index in [1.807, 2.05) is 6.07 Å². The Labute approximate surface area is 160 Å². The summed E-state index contributed by atoms with van der Waals surface area (Å²) >= 11 is 0. The summed E-state index contributed by atoms with van der Waals surface area (Å²) in [5.74, 6) is 2.73. The first-order valence-corrected chi connectivity index (χ1v) is 8.54. The van der Waals surface area contributed by atoms with Gasteiger partial charge in [0.1, 0.15) is 5.69 Å². The molecule has 8 heteroatoms. The number of carbonyl (C=O) groups excluding carboxylic acids is 1. The molecular formula is C20H18N2O6. The van der Waals surface area contributed by atoms with Crippen LogP contribution >= 0.6 is 0 Å². The lowest BCUT2D eigenvalue weighted by molar-refractivity contribution is 0.0949. The van der Waals surface area contributed by atoms with Gasteiger partial charge in [0.15, 0.2) is 28.8 Å². The van der Waals surface area contributed by atoms with Crippen LogP contribution < -0.4 is 24.3 Å². The molecule has 1 aliphatic heterocycles. The van der Waals surface area contributed by atoms with Crippen molar-refractivity contribution < 1.29 is 28.3 Å². The van der Waals surface area contributed by atoms with E-state index in [2.05, 4.69) is 10.5 Å². The zero-order chi connectivity index (χ0) is 19.5. The number of hydrogen-bond acceptors (Lipinski definition) is 7. The first-order chi connectivity index (χ1) is 13.7. The van der Waals surface area contributed by atoms with Crippen molar-refractivity contribution in [3.8, 4) is 34.3 Å². The molecule has 4 rings (SSSR count). The van der Waals surface area contributed by atoms with Crippen LogP contribution in [0.25, 0.3) is 11.3 Å². The lowest BCUT2D eigenvalue weighted by Gasteiger charge is -2.07. The van der Waals surface area contributed by atoms with Crippen molar-refractivity contribution in [3.05, 3.63) is 53.7 Å². The molecule has 28 heavy (non-hydrogen) atoms. The van der Waals surface area contributed by atoms with E-state index in [9.17, 15) is 4.79 Å². The summed E-state index contributed by atoms with van der Waals surface area (Å²) in [6, 6.07) is 12.2. The Morgan fingerprint density at radius 2 is 1.86 bits per heavy atom. The third-order valence-electron chi connectivity index (χ3n) is 4.29. The molecule has 0 fully saturated rings. The zero-order valence-corrected chi connectivity index (χ0v) is 15.4. The number of hydrogen-bond donors (Lipinski definition) is 1. The van der Waals surface area contributed by atoms with Crippen LogP contribution in [0.4, 0.5) is 0 Å². The van der Waals surface area contributed by atoms with Gasteiger partial charge in [-0.3, -0.25) is 4.79 Å². The smallest absolute Gasteiger partial charge is 0.251 e. The molecule has 0 bridgehead atoms. The molecule has 1 aromatic heterocycles. The number of amides is 1. The van der Waals surface area contributed by atoms with Gasteiger partial charge in [-0.2, -0.15) is 0 Å². The molecular weight excluding hydrogens is 364 g/mol. The lowest BCUT2D eigenvalue weighted by Crippen LogP contribution is -2.22. The minimum Gasteiger partial charge on any atom is -0.493 e. The third-order valence-corrected chi connectivity index (χ3v) is 4.29. The highest BCUT2D eigenvalue weighted by atomic mass is 16.7. The zero-order valence-electron chi connectivity index (χ0n) is 15.4. The summed E-state index contributed by atoms with van der Waals surface area (Å²) in [4.78, 5) is 12.4. The van der Waals surface area contributed by atoms with Crippen LogP contribution in [0.1, 0.15) is 16.1 Å². The number of carbonyl (C=O) groups is 1. The molecule has 3 aromatic rings. The lowest BCUT2D eigenvalue weighted by atomic mass is 10.1. The first-order valence-electron chi connectivity index (χ1n) is 8.54. The summed E-state index contributed by atoms with van der Waals surface area (Å²) in [5.41, 5.74) is 1.87. The quantitative estimate of drug-likeness (QED) is 0.700. The number of benzene rings is 2. The second-order valence-corrected chi connectivity index (χ2v) is 6.00. The summed E-state index contributed by atoms with van der Waals surface area (Å²) in [6.45, 7) is 0.391. The standard InChI is InChI=1S/C20H18N2O6/c1-24-15-5-3-12(7-18(15)25-2)17-9-14(22-28-17)10-21-20(23)13-4-6-16-19(8-13)27-11-26-16/h3-9H,10-11H2,1-2H3,(H,21,23). The Morgan fingerprint density at radius 1 is 1.04 bits per heavy atom. The molecule has 0 radical (unpaired) electrons. The first kappa shape index (κ1) is 17.7. The Bertz CT molecular complexity index is 1010. The van der Waals surface area contributed by atoms with E-state index in [4.69, 9.17) is 23.5 Å². The number of aromatic nitrogens is 1. The van der Waals surface area contributed by atoms with Gasteiger partial charge in [0, 0.05) is 17.2 Å². The maximum absolute atomic E-state index is 12.4. The van der Waals surface area contributed by atoms with Gasteiger partial charge in [0.2, 0.25) is 6.79 Å². The van der Waals surface area contributed by atoms with E-state index in [0.29, 0.717) is 40.0 Å². The van der Waals surface area contributed by atoms with Crippen molar-refractivity contribution in [2.45, 2.75) is 6.54 Å². The molecule has 2 heterocycles. The summed E-state index contributed by atoms with van der Waals surface area (Å²) < 4.78 is 26.5. The Kier molecular flexibility index (Phi) is 4.76. The van der Waals surface area contributed by atoms with Gasteiger partial charge >= 0.3 is 0 Å². The van der Waals surface area contributed by atoms with E-state index in [1.54, 1.807) is 50.6 Å². The monoisotopic (exact) mass is 382 g/mol. The molecule has 0 unspecified atom stereocenters. The van der Waals surface area contributed by atoms with Crippen LogP contribution in [0.15, 0.2) is 47.0 Å². The predicted octanol–water partition coefficient (Wildman–Crippen LogP) is 3.02. The fourth-order valence-electron chi connectivity index (χ4n) is 2.83. The Hall–Kier alpha value is -3.68. The number of rotatable bonds is 6. The summed E-state index contributed by atoms with van der Waals surface area (Å²) in [7, 11) is 3.14. The van der Waals surface area contributed by atoms with Gasteiger partial charge in [-0.15, -0.1) is 0 Å². The Balaban J connectivity index is 1.43. The van der Waals surface area contributed by atoms with Crippen LogP contribution in [0.2, 0.25) is 0 Å². The van der Waals surface area contributed by atoms with E-state index in [1.165, 1.54) is 0 Å². The third kappa shape index (κ3) is 3.44. The molecule has 1 N–H and O–H groups in total. The molecule has 0 aliphatic carbocycles. The van der Waals surface area contributed by atoms with Crippen LogP contribution in [0.3, 0.4) is 0 Å². The molecule has 0 saturated heterocycles. The van der Waals surface area contributed by atoms with Gasteiger partial charge in [-0.1, -0.05) is 5.16 Å². The van der Waals surface area contributed by atoms with Crippen molar-refractivity contribution >= 4 is 5.91 Å². The SMILES string of the molecule is COc1ccc(-c2cc(CNC(=O)c3ccc4c(c3)OCO4)no2)cc1OC. The van der Waals surface area contributed by atoms with Gasteiger partial charge in [0.25, 0.3) is 5.91 Å². The molecule has 144 valence electrons. The van der Waals surface area contributed by atoms with Gasteiger partial charge in [-0.25, -0.2) is 0 Å². The predicted molar refractivity (Wildman–Crippen MR) is 98.8 cm³/mol. The van der Waals surface area contributed by atoms with Gasteiger partial charge in [-0.05, 0) is 36.4 Å². The van der Waals surface area contributed by atoms with Crippen molar-refractivity contribution in [3.63, 3.8) is 0 Å². The van der Waals surface area contributed by atoms with E-state index < -0.39 is 0 Å². The molecule has 8 nitrogen and oxygen atoms in total. The number of methoxy groups -OCH3 is 2. The van der Waals surface area contributed by atoms with Crippen LogP contribution in [-0.2, 0) is 6.54 Å². The molecule has 2 aromatic carbocycles. The number of nitrogens with one attached hydrogen (secondary N) is 1. The second kappa shape index (κ2) is 7.51. The Morgan fingerprint density at radius 3 is 2.68 bits per heavy atom. The highest BCUT2D eigenvalue weighted by Gasteiger charge is 2.17. The minimum atomic E-state index is -0.242. The summed E-state index contributed by atoms with van der Waals surface area (Å²) in [6.07, 6.45) is 0. The molecule has 1 aliphatic rings. The van der Waals surface area contributed by atoms with E-state index in [0.717, 1.165) is 5.56 Å². The van der Waals surface area contributed by atoms with Crippen molar-refractivity contribution in [1.82, 2.24) is 10.5 Å². The second-order valence-electron chi connectivity index (χ2n) is 6.00. The van der Waals surface area contributed by atoms with E-state index >= 15 is 0 Å². The average Bonchev–Trinajstić information content (AvgIpc) is 3.40. The molecule has 1 amide bonds. The minimum absolute atomic E-state index is 0.165. The normalized spacial score (nSPS) is 11.9. The van der Waals surface area contributed by atoms with E-state index in [-0.39, 0.29) is 19.2 Å². The topological polar surface area (TPSA) is 92.1 Å². The van der Waals surface area contributed by atoms with Crippen molar-refractivity contribution in [2.24, 2.45) is 0 Å². The molecule has 0 saturated carbocycles. The molecule has 0 atom stereocenters. The molecule has 0 spiro atoms. The number of ether oxygens (including phenoxy) is 4. The number of fused-ring (bicyclic) bond motifs is 1. The van der Waals surface area contributed by atoms with Gasteiger partial charge in [0.05, 0.1) is 20.8 Å². The van der Waals surface area contributed by atoms with Crippen LogP contribution in [-0.4, -0.2) is 32.1 Å². The van der Waals surface area contributed by atoms with Gasteiger partial charge < -0.3 is 28.8 Å². The fourth-order valence-corrected chi connectivity index (χ4v) is 2.83. The van der Waals surface area contributed by atoms with Crippen molar-refractivity contribution in [1.29, 1.82) is 0 Å². The summed E-state index contributed by atoms with van der Waals surface area (Å²) in [5, 5.41) is 6.82. The van der Waals surface area contributed by atoms with Crippen LogP contribution in [0.5, 0.6) is 23.0 Å². The highest BCUT2D eigenvalue weighted by Crippen LogP contribution is 2.33. The highest BCUT2D eigenvalue weighted by molar-refractivity contribution is 5.94. The largest absolute Gasteiger partial charge is 0.493 e.